The van der Waals surface area contributed by atoms with Gasteiger partial charge in [-0.25, -0.2) is 9.41 Å². The predicted octanol–water partition coefficient (Wildman–Crippen LogP) is 2.52. The zero-order chi connectivity index (χ0) is 19.8. The third-order valence-corrected chi connectivity index (χ3v) is 5.14. The average Bonchev–Trinajstić information content (AvgIpc) is 2.99. The van der Waals surface area contributed by atoms with Crippen LogP contribution in [-0.2, 0) is 18.6 Å². The minimum absolute atomic E-state index is 0.0404. The third kappa shape index (κ3) is 4.15. The molecule has 1 fully saturated rings. The SMILES string of the molecule is [C-]#[N+]c1ccc2c(c1)[C@@H](N1CCCC1=O)[C@H](OCOP(=O)(O)O)C(C)(C)O2. The second kappa shape index (κ2) is 7.23. The molecule has 2 aliphatic heterocycles. The topological polar surface area (TPSA) is 110 Å². The molecule has 10 heteroatoms. The van der Waals surface area contributed by atoms with Gasteiger partial charge < -0.3 is 24.2 Å². The lowest BCUT2D eigenvalue weighted by Gasteiger charge is -2.47. The van der Waals surface area contributed by atoms with E-state index in [1.165, 1.54) is 0 Å². The lowest BCUT2D eigenvalue weighted by atomic mass is 9.85. The molecule has 0 aliphatic carbocycles. The minimum atomic E-state index is -4.70. The predicted molar refractivity (Wildman–Crippen MR) is 94.0 cm³/mol. The molecule has 2 atom stereocenters. The van der Waals surface area contributed by atoms with Crippen LogP contribution >= 0.6 is 7.82 Å². The molecule has 1 amide bonds. The number of hydrogen-bond acceptors (Lipinski definition) is 5. The number of phosphoric ester groups is 1. The smallest absolute Gasteiger partial charge is 0.471 e. The fourth-order valence-electron chi connectivity index (χ4n) is 3.57. The molecule has 0 aromatic heterocycles. The molecule has 0 radical (unpaired) electrons. The molecule has 9 nitrogen and oxygen atoms in total. The van der Waals surface area contributed by atoms with Crippen molar-refractivity contribution in [3.05, 3.63) is 35.2 Å². The van der Waals surface area contributed by atoms with Gasteiger partial charge in [0.25, 0.3) is 0 Å². The first-order valence-corrected chi connectivity index (χ1v) is 9.97. The summed E-state index contributed by atoms with van der Waals surface area (Å²) in [5.41, 5.74) is 0.136. The Morgan fingerprint density at radius 3 is 2.78 bits per heavy atom. The fourth-order valence-corrected chi connectivity index (χ4v) is 3.77. The van der Waals surface area contributed by atoms with Crippen molar-refractivity contribution in [2.45, 2.75) is 44.4 Å². The molecule has 2 N–H and O–H groups in total. The second-order valence-electron chi connectivity index (χ2n) is 7.00. The molecule has 0 unspecified atom stereocenters. The summed E-state index contributed by atoms with van der Waals surface area (Å²) in [5.74, 6) is 0.509. The highest BCUT2D eigenvalue weighted by atomic mass is 31.2. The molecule has 0 saturated carbocycles. The van der Waals surface area contributed by atoms with E-state index in [-0.39, 0.29) is 5.91 Å². The largest absolute Gasteiger partial charge is 0.485 e. The average molecular weight is 396 g/mol. The highest BCUT2D eigenvalue weighted by Crippen LogP contribution is 2.47. The number of rotatable bonds is 5. The van der Waals surface area contributed by atoms with Crippen LogP contribution < -0.4 is 4.74 Å². The van der Waals surface area contributed by atoms with Crippen LogP contribution in [0, 0.1) is 6.57 Å². The van der Waals surface area contributed by atoms with Crippen molar-refractivity contribution in [3.8, 4) is 5.75 Å². The van der Waals surface area contributed by atoms with Crippen molar-refractivity contribution in [1.29, 1.82) is 0 Å². The van der Waals surface area contributed by atoms with E-state index in [4.69, 9.17) is 25.8 Å². The number of phosphoric acid groups is 1. The van der Waals surface area contributed by atoms with E-state index >= 15 is 0 Å². The number of likely N-dealkylation sites (tertiary alicyclic amines) is 1. The van der Waals surface area contributed by atoms with E-state index in [2.05, 4.69) is 9.37 Å². The Kier molecular flexibility index (Phi) is 5.30. The molecular formula is C17H21N2O7P. The van der Waals surface area contributed by atoms with Gasteiger partial charge in [0.1, 0.15) is 17.5 Å². The zero-order valence-electron chi connectivity index (χ0n) is 15.0. The Balaban J connectivity index is 2.01. The maximum absolute atomic E-state index is 12.4. The van der Waals surface area contributed by atoms with Gasteiger partial charge >= 0.3 is 7.82 Å². The summed E-state index contributed by atoms with van der Waals surface area (Å²) in [5, 5.41) is 0. The van der Waals surface area contributed by atoms with Gasteiger partial charge in [0.2, 0.25) is 5.91 Å². The van der Waals surface area contributed by atoms with Gasteiger partial charge in [-0.15, -0.1) is 0 Å². The van der Waals surface area contributed by atoms with Crippen molar-refractivity contribution in [3.63, 3.8) is 0 Å². The number of amides is 1. The molecular weight excluding hydrogens is 375 g/mol. The lowest BCUT2D eigenvalue weighted by molar-refractivity contribution is -0.166. The van der Waals surface area contributed by atoms with E-state index in [0.29, 0.717) is 36.4 Å². The monoisotopic (exact) mass is 396 g/mol. The van der Waals surface area contributed by atoms with Gasteiger partial charge in [-0.05, 0) is 32.4 Å². The standard InChI is InChI=1S/C17H21N2O7P/c1-17(2)16(24-10-25-27(21,22)23)15(19-8-4-5-14(19)20)12-9-11(18-3)6-7-13(12)26-17/h6-7,9,15-16H,4-5,8,10H2,1-2H3,(H2,21,22,23)/t15-,16+/m1/s1. The molecule has 1 aromatic carbocycles. The normalized spacial score (nSPS) is 24.3. The van der Waals surface area contributed by atoms with Crippen LogP contribution in [0.1, 0.15) is 38.3 Å². The number of ether oxygens (including phenoxy) is 2. The number of benzene rings is 1. The first-order chi connectivity index (χ1) is 12.6. The van der Waals surface area contributed by atoms with Crippen LogP contribution in [0.25, 0.3) is 4.85 Å². The molecule has 0 spiro atoms. The summed E-state index contributed by atoms with van der Waals surface area (Å²) in [6.45, 7) is 10.7. The van der Waals surface area contributed by atoms with E-state index in [1.807, 2.05) is 0 Å². The van der Waals surface area contributed by atoms with Crippen molar-refractivity contribution < 1.29 is 33.1 Å². The Bertz CT molecular complexity index is 829. The highest BCUT2D eigenvalue weighted by Gasteiger charge is 2.49. The van der Waals surface area contributed by atoms with Crippen molar-refractivity contribution in [1.82, 2.24) is 4.90 Å². The molecule has 3 rings (SSSR count). The van der Waals surface area contributed by atoms with E-state index in [0.717, 1.165) is 0 Å². The van der Waals surface area contributed by atoms with Gasteiger partial charge in [-0.3, -0.25) is 9.32 Å². The lowest BCUT2D eigenvalue weighted by Crippen LogP contribution is -2.55. The van der Waals surface area contributed by atoms with Crippen LogP contribution in [0.3, 0.4) is 0 Å². The van der Waals surface area contributed by atoms with Crippen LogP contribution in [-0.4, -0.2) is 45.6 Å². The third-order valence-electron chi connectivity index (χ3n) is 4.70. The number of carbonyl (C=O) groups excluding carboxylic acids is 1. The van der Waals surface area contributed by atoms with Crippen LogP contribution in [0.5, 0.6) is 5.75 Å². The Morgan fingerprint density at radius 1 is 1.44 bits per heavy atom. The van der Waals surface area contributed by atoms with Gasteiger partial charge in [0.05, 0.1) is 12.6 Å². The minimum Gasteiger partial charge on any atom is -0.485 e. The maximum atomic E-state index is 12.4. The summed E-state index contributed by atoms with van der Waals surface area (Å²) in [6.07, 6.45) is 0.376. The fraction of sp³-hybridized carbons (Fsp3) is 0.529. The van der Waals surface area contributed by atoms with E-state index in [9.17, 15) is 9.36 Å². The van der Waals surface area contributed by atoms with E-state index < -0.39 is 32.4 Å². The highest BCUT2D eigenvalue weighted by molar-refractivity contribution is 7.46. The molecule has 0 bridgehead atoms. The van der Waals surface area contributed by atoms with Crippen LogP contribution in [0.4, 0.5) is 5.69 Å². The maximum Gasteiger partial charge on any atom is 0.471 e. The van der Waals surface area contributed by atoms with Gasteiger partial charge in [-0.2, -0.15) is 0 Å². The molecule has 2 aliphatic rings. The summed E-state index contributed by atoms with van der Waals surface area (Å²) in [6, 6.07) is 4.44. The van der Waals surface area contributed by atoms with E-state index in [1.54, 1.807) is 36.9 Å². The first kappa shape index (κ1) is 19.8. The summed E-state index contributed by atoms with van der Waals surface area (Å²) in [7, 11) is -4.70. The number of hydrogen-bond donors (Lipinski definition) is 2. The van der Waals surface area contributed by atoms with Crippen molar-refractivity contribution >= 4 is 19.4 Å². The Hall–Kier alpha value is -1.95. The molecule has 1 saturated heterocycles. The van der Waals surface area contributed by atoms with Gasteiger partial charge in [0.15, 0.2) is 12.5 Å². The van der Waals surface area contributed by atoms with Crippen LogP contribution in [0.15, 0.2) is 18.2 Å². The summed E-state index contributed by atoms with van der Waals surface area (Å²) < 4.78 is 27.1. The second-order valence-corrected chi connectivity index (χ2v) is 8.24. The van der Waals surface area contributed by atoms with Crippen LogP contribution in [0.2, 0.25) is 0 Å². The number of fused-ring (bicyclic) bond motifs is 1. The van der Waals surface area contributed by atoms with Crippen molar-refractivity contribution in [2.24, 2.45) is 0 Å². The van der Waals surface area contributed by atoms with Crippen molar-refractivity contribution in [2.75, 3.05) is 13.3 Å². The van der Waals surface area contributed by atoms with Gasteiger partial charge in [-0.1, -0.05) is 6.07 Å². The number of carbonyl (C=O) groups is 1. The zero-order valence-corrected chi connectivity index (χ0v) is 15.9. The van der Waals surface area contributed by atoms with Gasteiger partial charge in [0, 0.05) is 18.5 Å². The number of nitrogens with zero attached hydrogens (tertiary/aromatic N) is 2. The summed E-state index contributed by atoms with van der Waals surface area (Å²) >= 11 is 0. The molecule has 146 valence electrons. The molecule has 27 heavy (non-hydrogen) atoms. The molecule has 1 aromatic rings. The first-order valence-electron chi connectivity index (χ1n) is 8.44. The molecule has 2 heterocycles. The summed E-state index contributed by atoms with van der Waals surface area (Å²) in [4.78, 5) is 35.4. The quantitative estimate of drug-likeness (QED) is 0.447. The Morgan fingerprint density at radius 2 is 2.19 bits per heavy atom. The Labute approximate surface area is 156 Å².